The Kier molecular flexibility index (Phi) is 6.48. The second kappa shape index (κ2) is 9.03. The normalized spacial score (nSPS) is 10.7. The van der Waals surface area contributed by atoms with E-state index in [1.54, 1.807) is 29.8 Å². The third kappa shape index (κ3) is 4.79. The van der Waals surface area contributed by atoms with E-state index in [0.717, 1.165) is 20.8 Å². The van der Waals surface area contributed by atoms with Gasteiger partial charge in [-0.2, -0.15) is 0 Å². The molecule has 146 valence electrons. The summed E-state index contributed by atoms with van der Waals surface area (Å²) in [5.74, 6) is 0.209. The van der Waals surface area contributed by atoms with Crippen LogP contribution in [0.4, 0.5) is 10.5 Å². The molecule has 2 heterocycles. The van der Waals surface area contributed by atoms with Crippen molar-refractivity contribution in [2.75, 3.05) is 18.2 Å². The van der Waals surface area contributed by atoms with Crippen molar-refractivity contribution in [3.63, 3.8) is 0 Å². The molecule has 0 fully saturated rings. The van der Waals surface area contributed by atoms with Crippen molar-refractivity contribution >= 4 is 51.0 Å². The van der Waals surface area contributed by atoms with Crippen LogP contribution in [-0.4, -0.2) is 34.8 Å². The van der Waals surface area contributed by atoms with Gasteiger partial charge in [0.05, 0.1) is 12.9 Å². The van der Waals surface area contributed by atoms with Gasteiger partial charge in [-0.15, -0.1) is 11.3 Å². The van der Waals surface area contributed by atoms with Gasteiger partial charge in [-0.25, -0.2) is 14.8 Å². The summed E-state index contributed by atoms with van der Waals surface area (Å²) in [5, 5.41) is 7.35. The number of rotatable bonds is 6. The van der Waals surface area contributed by atoms with E-state index in [4.69, 9.17) is 0 Å². The molecule has 2 aromatic heterocycles. The highest BCUT2D eigenvalue weighted by Gasteiger charge is 2.13. The van der Waals surface area contributed by atoms with Crippen LogP contribution in [0.5, 0.6) is 0 Å². The first-order valence-electron chi connectivity index (χ1n) is 8.52. The molecule has 28 heavy (non-hydrogen) atoms. The van der Waals surface area contributed by atoms with Crippen LogP contribution >= 0.6 is 23.1 Å². The number of amides is 2. The van der Waals surface area contributed by atoms with Crippen molar-refractivity contribution < 1.29 is 14.3 Å². The Labute approximate surface area is 170 Å². The number of nitrogens with one attached hydrogen (secondary N) is 2. The molecular weight excluding hydrogens is 396 g/mol. The average molecular weight is 417 g/mol. The lowest BCUT2D eigenvalue weighted by Gasteiger charge is -2.07. The van der Waals surface area contributed by atoms with Crippen LogP contribution in [0, 0.1) is 13.8 Å². The third-order valence-electron chi connectivity index (χ3n) is 4.15. The maximum absolute atomic E-state index is 12.2. The number of benzene rings is 1. The second-order valence-electron chi connectivity index (χ2n) is 6.02. The Morgan fingerprint density at radius 1 is 1.18 bits per heavy atom. The fraction of sp³-hybridized carbons (Fsp3) is 0.263. The number of aryl methyl sites for hydroxylation is 2. The standard InChI is InChI=1S/C19H20N4O3S2/c1-11-12(2)28-18-16(11)17(21-10-22-18)27-9-15(24)20-8-13-4-6-14(7-5-13)23-19(25)26-3/h4-7,10H,8-9H2,1-3H3,(H,20,24)(H,23,25). The number of thiophene rings is 1. The molecule has 0 aliphatic heterocycles. The number of nitrogens with zero attached hydrogens (tertiary/aromatic N) is 2. The number of fused-ring (bicyclic) bond motifs is 1. The number of anilines is 1. The highest BCUT2D eigenvalue weighted by Crippen LogP contribution is 2.34. The molecule has 0 aliphatic rings. The van der Waals surface area contributed by atoms with E-state index in [-0.39, 0.29) is 11.7 Å². The lowest BCUT2D eigenvalue weighted by molar-refractivity contribution is -0.118. The number of thioether (sulfide) groups is 1. The fourth-order valence-electron chi connectivity index (χ4n) is 2.52. The molecule has 0 aliphatic carbocycles. The van der Waals surface area contributed by atoms with Crippen LogP contribution in [0.25, 0.3) is 10.2 Å². The lowest BCUT2D eigenvalue weighted by Crippen LogP contribution is -2.24. The van der Waals surface area contributed by atoms with Gasteiger partial charge in [-0.3, -0.25) is 10.1 Å². The SMILES string of the molecule is COC(=O)Nc1ccc(CNC(=O)CSc2ncnc3sc(C)c(C)c23)cc1. The molecule has 9 heteroatoms. The van der Waals surface area contributed by atoms with Gasteiger partial charge in [-0.05, 0) is 37.1 Å². The molecule has 3 rings (SSSR count). The molecule has 0 radical (unpaired) electrons. The van der Waals surface area contributed by atoms with Crippen LogP contribution in [0.3, 0.4) is 0 Å². The number of aromatic nitrogens is 2. The van der Waals surface area contributed by atoms with E-state index in [0.29, 0.717) is 12.2 Å². The predicted molar refractivity (Wildman–Crippen MR) is 112 cm³/mol. The molecule has 3 aromatic rings. The van der Waals surface area contributed by atoms with Crippen LogP contribution in [-0.2, 0) is 16.1 Å². The van der Waals surface area contributed by atoms with Crippen molar-refractivity contribution in [3.05, 3.63) is 46.6 Å². The van der Waals surface area contributed by atoms with Crippen LogP contribution < -0.4 is 10.6 Å². The van der Waals surface area contributed by atoms with Gasteiger partial charge in [-0.1, -0.05) is 23.9 Å². The Morgan fingerprint density at radius 2 is 1.93 bits per heavy atom. The van der Waals surface area contributed by atoms with E-state index in [1.165, 1.54) is 29.3 Å². The van der Waals surface area contributed by atoms with Crippen LogP contribution in [0.2, 0.25) is 0 Å². The van der Waals surface area contributed by atoms with Gasteiger partial charge in [0.1, 0.15) is 16.2 Å². The van der Waals surface area contributed by atoms with Crippen molar-refractivity contribution in [1.82, 2.24) is 15.3 Å². The first-order valence-corrected chi connectivity index (χ1v) is 10.3. The Morgan fingerprint density at radius 3 is 2.64 bits per heavy atom. The molecule has 7 nitrogen and oxygen atoms in total. The van der Waals surface area contributed by atoms with E-state index in [9.17, 15) is 9.59 Å². The number of hydrogen-bond acceptors (Lipinski definition) is 7. The highest BCUT2D eigenvalue weighted by molar-refractivity contribution is 8.00. The maximum Gasteiger partial charge on any atom is 0.411 e. The highest BCUT2D eigenvalue weighted by atomic mass is 32.2. The minimum absolute atomic E-state index is 0.0712. The molecule has 0 saturated heterocycles. The summed E-state index contributed by atoms with van der Waals surface area (Å²) in [7, 11) is 1.31. The summed E-state index contributed by atoms with van der Waals surface area (Å²) in [6, 6.07) is 7.19. The minimum Gasteiger partial charge on any atom is -0.453 e. The smallest absolute Gasteiger partial charge is 0.411 e. The van der Waals surface area contributed by atoms with E-state index < -0.39 is 6.09 Å². The summed E-state index contributed by atoms with van der Waals surface area (Å²) in [6.07, 6.45) is 1.02. The van der Waals surface area contributed by atoms with Crippen molar-refractivity contribution in [2.24, 2.45) is 0 Å². The van der Waals surface area contributed by atoms with E-state index in [2.05, 4.69) is 39.2 Å². The van der Waals surface area contributed by atoms with Gasteiger partial charge in [0.15, 0.2) is 0 Å². The summed E-state index contributed by atoms with van der Waals surface area (Å²) in [5.41, 5.74) is 2.73. The minimum atomic E-state index is -0.520. The second-order valence-corrected chi connectivity index (χ2v) is 8.19. The summed E-state index contributed by atoms with van der Waals surface area (Å²) < 4.78 is 4.54. The molecular formula is C19H20N4O3S2. The molecule has 0 saturated carbocycles. The Hall–Kier alpha value is -2.65. The average Bonchev–Trinajstić information content (AvgIpc) is 3.00. The largest absolute Gasteiger partial charge is 0.453 e. The van der Waals surface area contributed by atoms with Crippen molar-refractivity contribution in [2.45, 2.75) is 25.4 Å². The number of ether oxygens (including phenoxy) is 1. The van der Waals surface area contributed by atoms with Crippen LogP contribution in [0.1, 0.15) is 16.0 Å². The first-order chi connectivity index (χ1) is 13.5. The summed E-state index contributed by atoms with van der Waals surface area (Å²) in [6.45, 7) is 4.53. The Balaban J connectivity index is 1.53. The summed E-state index contributed by atoms with van der Waals surface area (Å²) in [4.78, 5) is 34.2. The molecule has 0 bridgehead atoms. The number of carbonyl (C=O) groups excluding carboxylic acids is 2. The van der Waals surface area contributed by atoms with Gasteiger partial charge in [0.2, 0.25) is 5.91 Å². The van der Waals surface area contributed by atoms with Crippen LogP contribution in [0.15, 0.2) is 35.6 Å². The van der Waals surface area contributed by atoms with Gasteiger partial charge in [0, 0.05) is 22.5 Å². The number of carbonyl (C=O) groups is 2. The van der Waals surface area contributed by atoms with E-state index >= 15 is 0 Å². The zero-order valence-electron chi connectivity index (χ0n) is 15.7. The van der Waals surface area contributed by atoms with Crippen molar-refractivity contribution in [3.8, 4) is 0 Å². The molecule has 2 amide bonds. The monoisotopic (exact) mass is 416 g/mol. The lowest BCUT2D eigenvalue weighted by atomic mass is 10.2. The Bertz CT molecular complexity index is 1000. The quantitative estimate of drug-likeness (QED) is 0.468. The number of methoxy groups -OCH3 is 1. The van der Waals surface area contributed by atoms with Gasteiger partial charge >= 0.3 is 6.09 Å². The first kappa shape index (κ1) is 20.1. The van der Waals surface area contributed by atoms with Gasteiger partial charge < -0.3 is 10.1 Å². The number of hydrogen-bond donors (Lipinski definition) is 2. The third-order valence-corrected chi connectivity index (χ3v) is 6.25. The van der Waals surface area contributed by atoms with Gasteiger partial charge in [0.25, 0.3) is 0 Å². The molecule has 0 unspecified atom stereocenters. The maximum atomic E-state index is 12.2. The predicted octanol–water partition coefficient (Wildman–Crippen LogP) is 3.89. The molecule has 0 atom stereocenters. The van der Waals surface area contributed by atoms with Crippen molar-refractivity contribution in [1.29, 1.82) is 0 Å². The van der Waals surface area contributed by atoms with E-state index in [1.807, 2.05) is 12.1 Å². The zero-order chi connectivity index (χ0) is 20.1. The summed E-state index contributed by atoms with van der Waals surface area (Å²) >= 11 is 3.06. The molecule has 2 N–H and O–H groups in total. The zero-order valence-corrected chi connectivity index (χ0v) is 17.4. The topological polar surface area (TPSA) is 93.2 Å². The molecule has 1 aromatic carbocycles. The molecule has 0 spiro atoms. The fourth-order valence-corrected chi connectivity index (χ4v) is 4.47.